The normalized spacial score (nSPS) is 10.6. The summed E-state index contributed by atoms with van der Waals surface area (Å²) in [6, 6.07) is 9.58. The van der Waals surface area contributed by atoms with E-state index in [-0.39, 0.29) is 12.3 Å². The van der Waals surface area contributed by atoms with Crippen LogP contribution in [0.15, 0.2) is 47.2 Å². The van der Waals surface area contributed by atoms with Crippen LogP contribution >= 0.6 is 0 Å². The number of pyridine rings is 1. The van der Waals surface area contributed by atoms with Gasteiger partial charge in [-0.25, -0.2) is 0 Å². The van der Waals surface area contributed by atoms with Crippen molar-refractivity contribution in [3.8, 4) is 11.4 Å². The summed E-state index contributed by atoms with van der Waals surface area (Å²) in [6.07, 6.45) is 4.02. The van der Waals surface area contributed by atoms with Crippen molar-refractivity contribution in [1.29, 1.82) is 0 Å². The fourth-order valence-corrected chi connectivity index (χ4v) is 2.36. The second-order valence-electron chi connectivity index (χ2n) is 5.62. The van der Waals surface area contributed by atoms with Gasteiger partial charge in [0.1, 0.15) is 0 Å². The summed E-state index contributed by atoms with van der Waals surface area (Å²) < 4.78 is 5.19. The number of nitrogens with zero attached hydrogens (tertiary/aromatic N) is 3. The van der Waals surface area contributed by atoms with Gasteiger partial charge < -0.3 is 9.84 Å². The molecule has 2 heterocycles. The zero-order chi connectivity index (χ0) is 16.9. The molecule has 0 radical (unpaired) electrons. The maximum absolute atomic E-state index is 12.1. The van der Waals surface area contributed by atoms with Crippen LogP contribution in [0.3, 0.4) is 0 Å². The lowest BCUT2D eigenvalue weighted by Crippen LogP contribution is -2.13. The van der Waals surface area contributed by atoms with E-state index in [2.05, 4.69) is 20.4 Å². The van der Waals surface area contributed by atoms with Crippen molar-refractivity contribution in [1.82, 2.24) is 15.1 Å². The van der Waals surface area contributed by atoms with Gasteiger partial charge in [-0.3, -0.25) is 9.78 Å². The number of carbonyl (C=O) groups is 1. The summed E-state index contributed by atoms with van der Waals surface area (Å²) >= 11 is 0. The summed E-state index contributed by atoms with van der Waals surface area (Å²) in [7, 11) is 0. The number of hydrogen-bond donors (Lipinski definition) is 1. The van der Waals surface area contributed by atoms with Gasteiger partial charge in [-0.05, 0) is 37.6 Å². The van der Waals surface area contributed by atoms with E-state index in [4.69, 9.17) is 4.52 Å². The second-order valence-corrected chi connectivity index (χ2v) is 5.62. The van der Waals surface area contributed by atoms with E-state index < -0.39 is 0 Å². The van der Waals surface area contributed by atoms with Crippen LogP contribution in [0.1, 0.15) is 23.4 Å². The lowest BCUT2D eigenvalue weighted by Gasteiger charge is -2.08. The number of rotatable bonds is 5. The fourth-order valence-electron chi connectivity index (χ4n) is 2.36. The molecule has 122 valence electrons. The Morgan fingerprint density at radius 1 is 1.25 bits per heavy atom. The van der Waals surface area contributed by atoms with Crippen molar-refractivity contribution < 1.29 is 9.32 Å². The van der Waals surface area contributed by atoms with Gasteiger partial charge in [-0.2, -0.15) is 4.98 Å². The first-order chi connectivity index (χ1) is 11.6. The number of carbonyl (C=O) groups excluding carboxylic acids is 1. The second kappa shape index (κ2) is 7.04. The van der Waals surface area contributed by atoms with Gasteiger partial charge in [-0.15, -0.1) is 0 Å². The maximum Gasteiger partial charge on any atom is 0.227 e. The standard InChI is InChI=1S/C18H18N4O2/c1-12-5-6-15(13(2)10-12)20-16(23)7-8-17-21-18(22-24-17)14-4-3-9-19-11-14/h3-6,9-11H,7-8H2,1-2H3,(H,20,23). The molecule has 1 aromatic carbocycles. The minimum Gasteiger partial charge on any atom is -0.339 e. The summed E-state index contributed by atoms with van der Waals surface area (Å²) in [5, 5.41) is 6.82. The van der Waals surface area contributed by atoms with Crippen molar-refractivity contribution in [2.75, 3.05) is 5.32 Å². The molecule has 0 saturated carbocycles. The van der Waals surface area contributed by atoms with Gasteiger partial charge in [0.2, 0.25) is 17.6 Å². The molecule has 1 N–H and O–H groups in total. The van der Waals surface area contributed by atoms with Crippen LogP contribution in [0, 0.1) is 13.8 Å². The molecule has 0 unspecified atom stereocenters. The van der Waals surface area contributed by atoms with Gasteiger partial charge >= 0.3 is 0 Å². The smallest absolute Gasteiger partial charge is 0.227 e. The van der Waals surface area contributed by atoms with Crippen LogP contribution in [-0.2, 0) is 11.2 Å². The van der Waals surface area contributed by atoms with E-state index in [0.29, 0.717) is 18.1 Å². The van der Waals surface area contributed by atoms with E-state index in [1.165, 1.54) is 5.56 Å². The summed E-state index contributed by atoms with van der Waals surface area (Å²) in [5.41, 5.74) is 3.82. The van der Waals surface area contributed by atoms with Gasteiger partial charge in [0.25, 0.3) is 0 Å². The number of anilines is 1. The number of hydrogen-bond acceptors (Lipinski definition) is 5. The number of aryl methyl sites for hydroxylation is 3. The SMILES string of the molecule is Cc1ccc(NC(=O)CCc2nc(-c3cccnc3)no2)c(C)c1. The average molecular weight is 322 g/mol. The molecule has 0 bridgehead atoms. The van der Waals surface area contributed by atoms with Crippen LogP contribution in [0.25, 0.3) is 11.4 Å². The van der Waals surface area contributed by atoms with Gasteiger partial charge in [0.15, 0.2) is 0 Å². The number of benzene rings is 1. The molecular weight excluding hydrogens is 304 g/mol. The zero-order valence-corrected chi connectivity index (χ0v) is 13.6. The average Bonchev–Trinajstić information content (AvgIpc) is 3.05. The molecule has 1 amide bonds. The van der Waals surface area contributed by atoms with Gasteiger partial charge in [0.05, 0.1) is 0 Å². The van der Waals surface area contributed by atoms with Gasteiger partial charge in [0, 0.05) is 36.5 Å². The molecular formula is C18H18N4O2. The Kier molecular flexibility index (Phi) is 4.65. The Morgan fingerprint density at radius 3 is 2.88 bits per heavy atom. The Morgan fingerprint density at radius 2 is 2.12 bits per heavy atom. The molecule has 0 fully saturated rings. The molecule has 6 nitrogen and oxygen atoms in total. The van der Waals surface area contributed by atoms with Crippen molar-refractivity contribution >= 4 is 11.6 Å². The largest absolute Gasteiger partial charge is 0.339 e. The first-order valence-corrected chi connectivity index (χ1v) is 7.72. The molecule has 2 aromatic heterocycles. The Hall–Kier alpha value is -3.02. The van der Waals surface area contributed by atoms with E-state index >= 15 is 0 Å². The predicted octanol–water partition coefficient (Wildman–Crippen LogP) is 3.32. The first-order valence-electron chi connectivity index (χ1n) is 7.72. The Labute approximate surface area is 139 Å². The molecule has 0 aliphatic heterocycles. The third-order valence-electron chi connectivity index (χ3n) is 3.61. The van der Waals surface area contributed by atoms with E-state index in [1.807, 2.05) is 44.2 Å². The van der Waals surface area contributed by atoms with Crippen LogP contribution in [-0.4, -0.2) is 21.0 Å². The molecule has 0 aliphatic carbocycles. The van der Waals surface area contributed by atoms with Crippen LogP contribution in [0.5, 0.6) is 0 Å². The molecule has 0 spiro atoms. The number of aromatic nitrogens is 3. The monoisotopic (exact) mass is 322 g/mol. The highest BCUT2D eigenvalue weighted by atomic mass is 16.5. The third-order valence-corrected chi connectivity index (χ3v) is 3.61. The van der Waals surface area contributed by atoms with Crippen molar-refractivity contribution in [2.45, 2.75) is 26.7 Å². The summed E-state index contributed by atoms with van der Waals surface area (Å²) in [5.74, 6) is 0.834. The summed E-state index contributed by atoms with van der Waals surface area (Å²) in [6.45, 7) is 3.99. The van der Waals surface area contributed by atoms with Crippen LogP contribution < -0.4 is 5.32 Å². The fraction of sp³-hybridized carbons (Fsp3) is 0.222. The number of nitrogens with one attached hydrogen (secondary N) is 1. The molecule has 6 heteroatoms. The lowest BCUT2D eigenvalue weighted by atomic mass is 10.1. The lowest BCUT2D eigenvalue weighted by molar-refractivity contribution is -0.116. The molecule has 3 aromatic rings. The summed E-state index contributed by atoms with van der Waals surface area (Å²) in [4.78, 5) is 20.4. The minimum atomic E-state index is -0.0805. The maximum atomic E-state index is 12.1. The highest BCUT2D eigenvalue weighted by Gasteiger charge is 2.11. The van der Waals surface area contributed by atoms with Crippen LogP contribution in [0.2, 0.25) is 0 Å². The topological polar surface area (TPSA) is 80.9 Å². The minimum absolute atomic E-state index is 0.0805. The highest BCUT2D eigenvalue weighted by molar-refractivity contribution is 5.91. The quantitative estimate of drug-likeness (QED) is 0.779. The van der Waals surface area contributed by atoms with Crippen molar-refractivity contribution in [2.24, 2.45) is 0 Å². The highest BCUT2D eigenvalue weighted by Crippen LogP contribution is 2.17. The van der Waals surface area contributed by atoms with Crippen molar-refractivity contribution in [3.63, 3.8) is 0 Å². The Balaban J connectivity index is 1.58. The van der Waals surface area contributed by atoms with E-state index in [0.717, 1.165) is 16.8 Å². The zero-order valence-electron chi connectivity index (χ0n) is 13.6. The molecule has 0 atom stereocenters. The molecule has 0 aliphatic rings. The first kappa shape index (κ1) is 15.9. The molecule has 24 heavy (non-hydrogen) atoms. The van der Waals surface area contributed by atoms with Gasteiger partial charge in [-0.1, -0.05) is 22.9 Å². The van der Waals surface area contributed by atoms with Crippen molar-refractivity contribution in [3.05, 3.63) is 59.7 Å². The van der Waals surface area contributed by atoms with E-state index in [9.17, 15) is 4.79 Å². The van der Waals surface area contributed by atoms with E-state index in [1.54, 1.807) is 12.4 Å². The van der Waals surface area contributed by atoms with Crippen LogP contribution in [0.4, 0.5) is 5.69 Å². The molecule has 3 rings (SSSR count). The third kappa shape index (κ3) is 3.84. The molecule has 0 saturated heterocycles. The number of amides is 1. The Bertz CT molecular complexity index is 843. The predicted molar refractivity (Wildman–Crippen MR) is 90.4 cm³/mol.